The lowest BCUT2D eigenvalue weighted by molar-refractivity contribution is -0.119. The molecule has 0 saturated carbocycles. The first-order valence-corrected chi connectivity index (χ1v) is 15.0. The summed E-state index contributed by atoms with van der Waals surface area (Å²) in [5.41, 5.74) is 3.31. The summed E-state index contributed by atoms with van der Waals surface area (Å²) in [7, 11) is 0. The summed E-state index contributed by atoms with van der Waals surface area (Å²) in [6.07, 6.45) is 7.69. The van der Waals surface area contributed by atoms with Gasteiger partial charge in [-0.15, -0.1) is 11.8 Å². The second-order valence-electron chi connectivity index (χ2n) is 9.00. The highest BCUT2D eigenvalue weighted by Crippen LogP contribution is 2.16. The van der Waals surface area contributed by atoms with Crippen LogP contribution >= 0.6 is 24.4 Å². The van der Waals surface area contributed by atoms with Gasteiger partial charge in [-0.25, -0.2) is 0 Å². The molecule has 0 N–H and O–H groups in total. The Hall–Kier alpha value is -1.64. The van der Waals surface area contributed by atoms with Crippen LogP contribution in [-0.2, 0) is 42.4 Å². The molecule has 2 aromatic carbocycles. The third-order valence-electron chi connectivity index (χ3n) is 5.90. The van der Waals surface area contributed by atoms with Crippen molar-refractivity contribution in [3.63, 3.8) is 0 Å². The fourth-order valence-corrected chi connectivity index (χ4v) is 4.35. The zero-order chi connectivity index (χ0) is 26.6. The molecule has 0 amide bonds. The minimum absolute atomic E-state index is 0.269. The van der Waals surface area contributed by atoms with Crippen LogP contribution in [0.1, 0.15) is 55.2 Å². The highest BCUT2D eigenvalue weighted by Gasteiger charge is 2.05. The summed E-state index contributed by atoms with van der Waals surface area (Å²) in [6.45, 7) is 3.47. The van der Waals surface area contributed by atoms with Gasteiger partial charge in [0.2, 0.25) is 0 Å². The lowest BCUT2D eigenvalue weighted by atomic mass is 10.0. The van der Waals surface area contributed by atoms with E-state index in [9.17, 15) is 9.59 Å². The molecule has 0 saturated heterocycles. The number of unbranched alkanes of at least 4 members (excludes halogenated alkanes) is 2. The molecule has 0 aliphatic carbocycles. The molecule has 0 heterocycles. The largest absolute Gasteiger partial charge is 0.379 e. The van der Waals surface area contributed by atoms with Crippen LogP contribution in [0.25, 0.3) is 0 Å². The molecule has 0 atom stereocenters. The quantitative estimate of drug-likeness (QED) is 0.109. The molecule has 2 rings (SSSR count). The number of carbonyl (C=O) groups is 2. The molecular weight excluding hydrogens is 504 g/mol. The summed E-state index contributed by atoms with van der Waals surface area (Å²) < 4.78 is 16.7. The standard InChI is InChI=1S/C30H42O5S2/c1-37-30-14-12-26(13-15-30)23-29(32)7-3-5-17-34-19-21-35-20-18-33-16-4-2-6-28(31)22-25-8-10-27(24-36)11-9-25/h8-15,36H,2-7,16-24H2,1H3. The van der Waals surface area contributed by atoms with Crippen molar-refractivity contribution in [1.82, 2.24) is 0 Å². The van der Waals surface area contributed by atoms with Crippen molar-refractivity contribution in [2.45, 2.75) is 62.0 Å². The number of thioether (sulfide) groups is 1. The Morgan fingerprint density at radius 3 is 1.46 bits per heavy atom. The maximum atomic E-state index is 12.1. The first-order valence-electron chi connectivity index (χ1n) is 13.2. The lowest BCUT2D eigenvalue weighted by Gasteiger charge is -2.07. The van der Waals surface area contributed by atoms with Crippen molar-refractivity contribution in [3.05, 3.63) is 65.2 Å². The first-order chi connectivity index (χ1) is 18.1. The molecule has 37 heavy (non-hydrogen) atoms. The Labute approximate surface area is 232 Å². The van der Waals surface area contributed by atoms with Crippen LogP contribution in [0.15, 0.2) is 53.4 Å². The number of benzene rings is 2. The van der Waals surface area contributed by atoms with E-state index in [-0.39, 0.29) is 11.6 Å². The van der Waals surface area contributed by atoms with Gasteiger partial charge < -0.3 is 14.2 Å². The monoisotopic (exact) mass is 546 g/mol. The molecule has 0 radical (unpaired) electrons. The van der Waals surface area contributed by atoms with E-state index in [4.69, 9.17) is 14.2 Å². The number of Topliss-reactive ketones (excluding diaryl/α,β-unsaturated/α-hetero) is 2. The molecule has 0 unspecified atom stereocenters. The summed E-state index contributed by atoms with van der Waals surface area (Å²) in [5, 5.41) is 0. The van der Waals surface area contributed by atoms with Crippen LogP contribution in [0.2, 0.25) is 0 Å². The molecule has 0 fully saturated rings. The highest BCUT2D eigenvalue weighted by atomic mass is 32.2. The fourth-order valence-electron chi connectivity index (χ4n) is 3.73. The van der Waals surface area contributed by atoms with Gasteiger partial charge in [0, 0.05) is 49.5 Å². The zero-order valence-electron chi connectivity index (χ0n) is 22.1. The van der Waals surface area contributed by atoms with E-state index in [2.05, 4.69) is 24.8 Å². The average Bonchev–Trinajstić information content (AvgIpc) is 2.91. The third kappa shape index (κ3) is 15.4. The van der Waals surface area contributed by atoms with Gasteiger partial charge in [-0.1, -0.05) is 36.4 Å². The molecule has 7 heteroatoms. The van der Waals surface area contributed by atoms with Crippen molar-refractivity contribution < 1.29 is 23.8 Å². The number of carbonyl (C=O) groups excluding carboxylic acids is 2. The summed E-state index contributed by atoms with van der Waals surface area (Å²) in [5.74, 6) is 1.26. The van der Waals surface area contributed by atoms with Crippen molar-refractivity contribution in [3.8, 4) is 0 Å². The summed E-state index contributed by atoms with van der Waals surface area (Å²) >= 11 is 5.95. The summed E-state index contributed by atoms with van der Waals surface area (Å²) in [6, 6.07) is 16.3. The molecule has 5 nitrogen and oxygen atoms in total. The molecule has 0 aliphatic rings. The Morgan fingerprint density at radius 1 is 0.622 bits per heavy atom. The predicted octanol–water partition coefficient (Wildman–Crippen LogP) is 6.15. The van der Waals surface area contributed by atoms with Crippen LogP contribution in [0.4, 0.5) is 0 Å². The van der Waals surface area contributed by atoms with Gasteiger partial charge in [0.1, 0.15) is 11.6 Å². The second kappa shape index (κ2) is 20.3. The number of ketones is 2. The van der Waals surface area contributed by atoms with Crippen molar-refractivity contribution in [2.24, 2.45) is 0 Å². The molecule has 2 aromatic rings. The number of rotatable bonds is 22. The van der Waals surface area contributed by atoms with Gasteiger partial charge >= 0.3 is 0 Å². The van der Waals surface area contributed by atoms with Crippen LogP contribution in [-0.4, -0.2) is 57.5 Å². The smallest absolute Gasteiger partial charge is 0.137 e. The van der Waals surface area contributed by atoms with Gasteiger partial charge in [0.15, 0.2) is 0 Å². The molecule has 0 spiro atoms. The van der Waals surface area contributed by atoms with E-state index in [1.165, 1.54) is 4.90 Å². The maximum absolute atomic E-state index is 12.1. The molecule has 204 valence electrons. The topological polar surface area (TPSA) is 61.8 Å². The van der Waals surface area contributed by atoms with Crippen LogP contribution in [0.3, 0.4) is 0 Å². The average molecular weight is 547 g/mol. The van der Waals surface area contributed by atoms with Crippen LogP contribution in [0.5, 0.6) is 0 Å². The maximum Gasteiger partial charge on any atom is 0.137 e. The lowest BCUT2D eigenvalue weighted by Crippen LogP contribution is -2.10. The minimum atomic E-state index is 0.269. The van der Waals surface area contributed by atoms with Crippen LogP contribution < -0.4 is 0 Å². The second-order valence-corrected chi connectivity index (χ2v) is 10.2. The van der Waals surface area contributed by atoms with E-state index in [1.807, 2.05) is 42.7 Å². The minimum Gasteiger partial charge on any atom is -0.379 e. The first kappa shape index (κ1) is 31.6. The third-order valence-corrected chi connectivity index (χ3v) is 7.01. The molecule has 0 bridgehead atoms. The molecule has 0 aliphatic heterocycles. The predicted molar refractivity (Wildman–Crippen MR) is 155 cm³/mol. The zero-order valence-corrected chi connectivity index (χ0v) is 23.8. The van der Waals surface area contributed by atoms with E-state index >= 15 is 0 Å². The van der Waals surface area contributed by atoms with Gasteiger partial charge in [-0.05, 0) is 60.8 Å². The van der Waals surface area contributed by atoms with Crippen molar-refractivity contribution in [1.29, 1.82) is 0 Å². The number of thiol groups is 1. The van der Waals surface area contributed by atoms with E-state index in [0.717, 1.165) is 42.4 Å². The number of ether oxygens (including phenoxy) is 3. The Balaban J connectivity index is 1.31. The van der Waals surface area contributed by atoms with Crippen LogP contribution in [0, 0.1) is 0 Å². The van der Waals surface area contributed by atoms with Gasteiger partial charge in [-0.2, -0.15) is 12.6 Å². The highest BCUT2D eigenvalue weighted by molar-refractivity contribution is 7.98. The van der Waals surface area contributed by atoms with Gasteiger partial charge in [0.25, 0.3) is 0 Å². The SMILES string of the molecule is CSc1ccc(CC(=O)CCCCOCCOCCOCCCCC(=O)Cc2ccc(CS)cc2)cc1. The van der Waals surface area contributed by atoms with Crippen molar-refractivity contribution >= 4 is 36.0 Å². The normalized spacial score (nSPS) is 11.1. The number of hydrogen-bond acceptors (Lipinski definition) is 7. The molecular formula is C30H42O5S2. The Kier molecular flexibility index (Phi) is 17.4. The van der Waals surface area contributed by atoms with Gasteiger partial charge in [0.05, 0.1) is 26.4 Å². The van der Waals surface area contributed by atoms with Gasteiger partial charge in [-0.3, -0.25) is 9.59 Å². The van der Waals surface area contributed by atoms with E-state index in [0.29, 0.717) is 71.1 Å². The number of hydrogen-bond donors (Lipinski definition) is 1. The summed E-state index contributed by atoms with van der Waals surface area (Å²) in [4.78, 5) is 25.4. The fraction of sp³-hybridized carbons (Fsp3) is 0.533. The Bertz CT molecular complexity index is 810. The van der Waals surface area contributed by atoms with E-state index in [1.54, 1.807) is 11.8 Å². The molecule has 0 aromatic heterocycles. The Morgan fingerprint density at radius 2 is 1.03 bits per heavy atom. The van der Waals surface area contributed by atoms with E-state index < -0.39 is 0 Å². The van der Waals surface area contributed by atoms with Crippen molar-refractivity contribution in [2.75, 3.05) is 45.9 Å².